The van der Waals surface area contributed by atoms with Crippen LogP contribution in [0.2, 0.25) is 0 Å². The standard InChI is InChI=1S/C19H15N3O/c20-12-14-5-3-8-16(11-14)21-13-19(23)22-18-10-4-7-15-6-1-2-9-17(15)18/h1-11,21H,13H2,(H,22,23). The minimum atomic E-state index is -0.135. The Kier molecular flexibility index (Phi) is 4.21. The van der Waals surface area contributed by atoms with Crippen LogP contribution in [0.4, 0.5) is 11.4 Å². The summed E-state index contributed by atoms with van der Waals surface area (Å²) in [5, 5.41) is 16.9. The number of nitrogens with zero attached hydrogens (tertiary/aromatic N) is 1. The number of hydrogen-bond donors (Lipinski definition) is 2. The fourth-order valence-electron chi connectivity index (χ4n) is 2.41. The molecular formula is C19H15N3O. The number of nitrogens with one attached hydrogen (secondary N) is 2. The third-order valence-electron chi connectivity index (χ3n) is 3.51. The summed E-state index contributed by atoms with van der Waals surface area (Å²) in [6.45, 7) is 0.137. The zero-order valence-corrected chi connectivity index (χ0v) is 12.4. The van der Waals surface area contributed by atoms with Crippen molar-refractivity contribution in [3.8, 4) is 6.07 Å². The first-order valence-corrected chi connectivity index (χ1v) is 7.28. The quantitative estimate of drug-likeness (QED) is 0.771. The first kappa shape index (κ1) is 14.6. The van der Waals surface area contributed by atoms with Gasteiger partial charge in [-0.25, -0.2) is 0 Å². The minimum Gasteiger partial charge on any atom is -0.376 e. The van der Waals surface area contributed by atoms with Gasteiger partial charge in [-0.15, -0.1) is 0 Å². The van der Waals surface area contributed by atoms with E-state index in [0.717, 1.165) is 22.1 Å². The van der Waals surface area contributed by atoms with E-state index in [2.05, 4.69) is 16.7 Å². The molecule has 3 rings (SSSR count). The molecule has 0 aliphatic rings. The molecule has 3 aromatic rings. The number of fused-ring (bicyclic) bond motifs is 1. The van der Waals surface area contributed by atoms with E-state index >= 15 is 0 Å². The van der Waals surface area contributed by atoms with E-state index in [1.54, 1.807) is 18.2 Å². The van der Waals surface area contributed by atoms with Crippen LogP contribution >= 0.6 is 0 Å². The van der Waals surface area contributed by atoms with Crippen molar-refractivity contribution in [3.63, 3.8) is 0 Å². The second-order valence-electron chi connectivity index (χ2n) is 5.12. The maximum Gasteiger partial charge on any atom is 0.243 e. The summed E-state index contributed by atoms with van der Waals surface area (Å²) in [5.41, 5.74) is 2.10. The summed E-state index contributed by atoms with van der Waals surface area (Å²) in [4.78, 5) is 12.1. The van der Waals surface area contributed by atoms with Gasteiger partial charge in [0.1, 0.15) is 0 Å². The Labute approximate surface area is 134 Å². The average Bonchev–Trinajstić information content (AvgIpc) is 2.60. The molecule has 0 heterocycles. The van der Waals surface area contributed by atoms with Crippen molar-refractivity contribution >= 4 is 28.1 Å². The van der Waals surface area contributed by atoms with Crippen LogP contribution < -0.4 is 10.6 Å². The molecular weight excluding hydrogens is 286 g/mol. The Morgan fingerprint density at radius 1 is 1.00 bits per heavy atom. The molecule has 112 valence electrons. The number of amides is 1. The molecule has 23 heavy (non-hydrogen) atoms. The SMILES string of the molecule is N#Cc1cccc(NCC(=O)Nc2cccc3ccccc23)c1. The van der Waals surface area contributed by atoms with Gasteiger partial charge in [0.2, 0.25) is 5.91 Å². The fraction of sp³-hybridized carbons (Fsp3) is 0.0526. The summed E-state index contributed by atoms with van der Waals surface area (Å²) >= 11 is 0. The number of benzene rings is 3. The van der Waals surface area contributed by atoms with E-state index in [-0.39, 0.29) is 12.5 Å². The van der Waals surface area contributed by atoms with Crippen LogP contribution in [0.25, 0.3) is 10.8 Å². The van der Waals surface area contributed by atoms with Crippen molar-refractivity contribution < 1.29 is 4.79 Å². The molecule has 0 saturated carbocycles. The summed E-state index contributed by atoms with van der Waals surface area (Å²) in [5.74, 6) is -0.135. The number of anilines is 2. The molecule has 4 nitrogen and oxygen atoms in total. The highest BCUT2D eigenvalue weighted by Gasteiger charge is 2.05. The molecule has 0 aromatic heterocycles. The van der Waals surface area contributed by atoms with Crippen LogP contribution in [0.3, 0.4) is 0 Å². The molecule has 0 aliphatic carbocycles. The van der Waals surface area contributed by atoms with Gasteiger partial charge >= 0.3 is 0 Å². The molecule has 0 bridgehead atoms. The zero-order chi connectivity index (χ0) is 16.1. The van der Waals surface area contributed by atoms with E-state index in [9.17, 15) is 4.79 Å². The lowest BCUT2D eigenvalue weighted by atomic mass is 10.1. The lowest BCUT2D eigenvalue weighted by Crippen LogP contribution is -2.21. The van der Waals surface area contributed by atoms with Gasteiger partial charge in [-0.1, -0.05) is 42.5 Å². The summed E-state index contributed by atoms with van der Waals surface area (Å²) in [7, 11) is 0. The molecule has 3 aromatic carbocycles. The Morgan fingerprint density at radius 2 is 1.78 bits per heavy atom. The molecule has 0 aliphatic heterocycles. The number of nitriles is 1. The molecule has 0 atom stereocenters. The van der Waals surface area contributed by atoms with E-state index in [0.29, 0.717) is 5.56 Å². The van der Waals surface area contributed by atoms with Crippen molar-refractivity contribution in [3.05, 3.63) is 72.3 Å². The summed E-state index contributed by atoms with van der Waals surface area (Å²) in [6.07, 6.45) is 0. The highest BCUT2D eigenvalue weighted by Crippen LogP contribution is 2.22. The predicted molar refractivity (Wildman–Crippen MR) is 92.2 cm³/mol. The summed E-state index contributed by atoms with van der Waals surface area (Å²) < 4.78 is 0. The molecule has 0 fully saturated rings. The van der Waals surface area contributed by atoms with Crippen LogP contribution in [-0.2, 0) is 4.79 Å². The smallest absolute Gasteiger partial charge is 0.243 e. The first-order valence-electron chi connectivity index (χ1n) is 7.28. The van der Waals surface area contributed by atoms with Gasteiger partial charge in [-0.3, -0.25) is 4.79 Å². The number of carbonyl (C=O) groups excluding carboxylic acids is 1. The van der Waals surface area contributed by atoms with Crippen molar-refractivity contribution in [1.29, 1.82) is 5.26 Å². The molecule has 0 saturated heterocycles. The maximum atomic E-state index is 12.1. The van der Waals surface area contributed by atoms with Gasteiger partial charge in [0.15, 0.2) is 0 Å². The molecule has 4 heteroatoms. The largest absolute Gasteiger partial charge is 0.376 e. The van der Waals surface area contributed by atoms with Gasteiger partial charge in [-0.2, -0.15) is 5.26 Å². The molecule has 0 spiro atoms. The molecule has 0 unspecified atom stereocenters. The lowest BCUT2D eigenvalue weighted by molar-refractivity contribution is -0.114. The number of hydrogen-bond acceptors (Lipinski definition) is 3. The van der Waals surface area contributed by atoms with Gasteiger partial charge in [0, 0.05) is 16.8 Å². The maximum absolute atomic E-state index is 12.1. The Morgan fingerprint density at radius 3 is 2.65 bits per heavy atom. The lowest BCUT2D eigenvalue weighted by Gasteiger charge is -2.10. The minimum absolute atomic E-state index is 0.135. The molecule has 2 N–H and O–H groups in total. The monoisotopic (exact) mass is 301 g/mol. The Bertz CT molecular complexity index is 891. The zero-order valence-electron chi connectivity index (χ0n) is 12.4. The Hall–Kier alpha value is -3.32. The highest BCUT2D eigenvalue weighted by atomic mass is 16.1. The predicted octanol–water partition coefficient (Wildman–Crippen LogP) is 3.76. The van der Waals surface area contributed by atoms with Crippen LogP contribution in [-0.4, -0.2) is 12.5 Å². The van der Waals surface area contributed by atoms with Gasteiger partial charge in [0.25, 0.3) is 0 Å². The van der Waals surface area contributed by atoms with Crippen molar-refractivity contribution in [2.24, 2.45) is 0 Å². The van der Waals surface area contributed by atoms with E-state index < -0.39 is 0 Å². The normalized spacial score (nSPS) is 10.0. The van der Waals surface area contributed by atoms with E-state index in [1.807, 2.05) is 48.5 Å². The summed E-state index contributed by atoms with van der Waals surface area (Å²) in [6, 6.07) is 22.8. The molecule has 0 radical (unpaired) electrons. The average molecular weight is 301 g/mol. The van der Waals surface area contributed by atoms with Crippen LogP contribution in [0, 0.1) is 11.3 Å². The highest BCUT2D eigenvalue weighted by molar-refractivity contribution is 6.03. The van der Waals surface area contributed by atoms with Gasteiger partial charge in [-0.05, 0) is 29.7 Å². The third kappa shape index (κ3) is 3.47. The fourth-order valence-corrected chi connectivity index (χ4v) is 2.41. The van der Waals surface area contributed by atoms with E-state index in [4.69, 9.17) is 5.26 Å². The van der Waals surface area contributed by atoms with Gasteiger partial charge < -0.3 is 10.6 Å². The third-order valence-corrected chi connectivity index (χ3v) is 3.51. The number of rotatable bonds is 4. The van der Waals surface area contributed by atoms with Crippen LogP contribution in [0.1, 0.15) is 5.56 Å². The number of carbonyl (C=O) groups is 1. The topological polar surface area (TPSA) is 64.9 Å². The second-order valence-corrected chi connectivity index (χ2v) is 5.12. The van der Waals surface area contributed by atoms with Crippen molar-refractivity contribution in [1.82, 2.24) is 0 Å². The van der Waals surface area contributed by atoms with E-state index in [1.165, 1.54) is 0 Å². The second kappa shape index (κ2) is 6.63. The Balaban J connectivity index is 1.68. The van der Waals surface area contributed by atoms with Crippen LogP contribution in [0.15, 0.2) is 66.7 Å². The van der Waals surface area contributed by atoms with Gasteiger partial charge in [0.05, 0.1) is 18.2 Å². The van der Waals surface area contributed by atoms with Crippen molar-refractivity contribution in [2.75, 3.05) is 17.2 Å². The molecule has 1 amide bonds. The first-order chi connectivity index (χ1) is 11.3. The van der Waals surface area contributed by atoms with Crippen molar-refractivity contribution in [2.45, 2.75) is 0 Å². The van der Waals surface area contributed by atoms with Crippen LogP contribution in [0.5, 0.6) is 0 Å².